The Bertz CT molecular complexity index is 2040. The first kappa shape index (κ1) is 25.7. The van der Waals surface area contributed by atoms with Crippen molar-refractivity contribution in [2.45, 2.75) is 52.4 Å². The molecule has 41 heavy (non-hydrogen) atoms. The average molecular weight is 557 g/mol. The van der Waals surface area contributed by atoms with E-state index in [1.807, 2.05) is 36.5 Å². The van der Waals surface area contributed by atoms with Gasteiger partial charge < -0.3 is 9.15 Å². The molecule has 7 aromatic rings. The average Bonchev–Trinajstić information content (AvgIpc) is 3.54. The molecule has 0 atom stereocenters. The van der Waals surface area contributed by atoms with Gasteiger partial charge in [0.2, 0.25) is 5.88 Å². The van der Waals surface area contributed by atoms with Crippen LogP contribution in [0.25, 0.3) is 53.9 Å². The fraction of sp³-hybridized carbons (Fsp3) is 0.222. The molecule has 0 saturated heterocycles. The van der Waals surface area contributed by atoms with E-state index in [1.165, 1.54) is 15.8 Å². The number of nitrogens with zero attached hydrogens (tertiary/aromatic N) is 2. The summed E-state index contributed by atoms with van der Waals surface area (Å²) < 4.78 is 15.4. The molecule has 0 radical (unpaired) electrons. The molecule has 0 saturated carbocycles. The normalized spacial score (nSPS) is 12.6. The summed E-state index contributed by atoms with van der Waals surface area (Å²) in [5.41, 5.74) is 8.06. The van der Waals surface area contributed by atoms with Gasteiger partial charge in [-0.3, -0.25) is 4.98 Å². The zero-order valence-electron chi connectivity index (χ0n) is 24.2. The minimum absolute atomic E-state index is 0.0305. The Labute approximate surface area is 244 Å². The number of hydrogen-bond acceptors (Lipinski definition) is 5. The lowest BCUT2D eigenvalue weighted by Gasteiger charge is -2.20. The molecule has 0 bridgehead atoms. The number of rotatable bonds is 4. The molecule has 0 aliphatic carbocycles. The van der Waals surface area contributed by atoms with Gasteiger partial charge in [0, 0.05) is 27.9 Å². The first-order valence-corrected chi connectivity index (χ1v) is 14.8. The zero-order chi connectivity index (χ0) is 28.5. The number of aromatic nitrogens is 2. The first-order valence-electron chi connectivity index (χ1n) is 14.0. The van der Waals surface area contributed by atoms with Crippen molar-refractivity contribution in [2.75, 3.05) is 0 Å². The van der Waals surface area contributed by atoms with Crippen LogP contribution in [0.1, 0.15) is 52.7 Å². The van der Waals surface area contributed by atoms with E-state index >= 15 is 0 Å². The van der Waals surface area contributed by atoms with E-state index in [-0.39, 0.29) is 10.8 Å². The number of hydrogen-bond donors (Lipinski definition) is 0. The molecular weight excluding hydrogens is 524 g/mol. The molecule has 3 aromatic carbocycles. The van der Waals surface area contributed by atoms with Gasteiger partial charge in [-0.2, -0.15) is 0 Å². The second-order valence-electron chi connectivity index (χ2n) is 12.8. The lowest BCUT2D eigenvalue weighted by atomic mass is 9.85. The van der Waals surface area contributed by atoms with Crippen LogP contribution in [0.4, 0.5) is 0 Å². The van der Waals surface area contributed by atoms with Crippen LogP contribution in [-0.2, 0) is 10.8 Å². The van der Waals surface area contributed by atoms with Gasteiger partial charge in [-0.25, -0.2) is 4.98 Å². The molecule has 0 aliphatic rings. The summed E-state index contributed by atoms with van der Waals surface area (Å²) >= 11 is 1.73. The molecule has 204 valence electrons. The van der Waals surface area contributed by atoms with Gasteiger partial charge >= 0.3 is 0 Å². The number of thiophene rings is 1. The van der Waals surface area contributed by atoms with Gasteiger partial charge in [0.05, 0.1) is 21.5 Å². The molecule has 0 aliphatic heterocycles. The minimum Gasteiger partial charge on any atom is -0.455 e. The van der Waals surface area contributed by atoms with Gasteiger partial charge in [0.25, 0.3) is 0 Å². The predicted molar refractivity (Wildman–Crippen MR) is 171 cm³/mol. The zero-order valence-corrected chi connectivity index (χ0v) is 25.0. The SMILES string of the molecule is CC(C)(C)c1ccc(-c2cccc(Oc3cc(-c4cccc(C(C)(C)C)c4)c4oc5cccc6sc3c4c56)n2)nc1. The molecule has 4 heterocycles. The van der Waals surface area contributed by atoms with Crippen LogP contribution in [0.3, 0.4) is 0 Å². The molecular formula is C36H32N2O2S. The quantitative estimate of drug-likeness (QED) is 0.216. The van der Waals surface area contributed by atoms with Crippen LogP contribution in [0, 0.1) is 0 Å². The largest absolute Gasteiger partial charge is 0.455 e. The van der Waals surface area contributed by atoms with Crippen molar-refractivity contribution >= 4 is 42.7 Å². The number of pyridine rings is 2. The van der Waals surface area contributed by atoms with Crippen molar-refractivity contribution in [3.63, 3.8) is 0 Å². The second kappa shape index (κ2) is 9.15. The van der Waals surface area contributed by atoms with Gasteiger partial charge in [0.15, 0.2) is 0 Å². The van der Waals surface area contributed by atoms with E-state index in [9.17, 15) is 0 Å². The highest BCUT2D eigenvalue weighted by Crippen LogP contribution is 2.50. The van der Waals surface area contributed by atoms with Crippen LogP contribution in [0.2, 0.25) is 0 Å². The lowest BCUT2D eigenvalue weighted by Crippen LogP contribution is -2.11. The summed E-state index contributed by atoms with van der Waals surface area (Å²) in [6.45, 7) is 13.3. The topological polar surface area (TPSA) is 48.2 Å². The van der Waals surface area contributed by atoms with Crippen LogP contribution in [-0.4, -0.2) is 9.97 Å². The van der Waals surface area contributed by atoms with Crippen LogP contribution >= 0.6 is 11.3 Å². The molecule has 0 amide bonds. The van der Waals surface area contributed by atoms with Crippen molar-refractivity contribution in [2.24, 2.45) is 0 Å². The number of ether oxygens (including phenoxy) is 1. The maximum Gasteiger partial charge on any atom is 0.219 e. The summed E-state index contributed by atoms with van der Waals surface area (Å²) in [6, 6.07) is 27.1. The Balaban J connectivity index is 1.36. The van der Waals surface area contributed by atoms with Gasteiger partial charge in [-0.15, -0.1) is 11.3 Å². The number of furan rings is 1. The van der Waals surface area contributed by atoms with Gasteiger partial charge in [-0.05, 0) is 57.9 Å². The summed E-state index contributed by atoms with van der Waals surface area (Å²) in [5.74, 6) is 1.31. The number of benzene rings is 3. The second-order valence-corrected chi connectivity index (χ2v) is 13.8. The lowest BCUT2D eigenvalue weighted by molar-refractivity contribution is 0.469. The third-order valence-corrected chi connectivity index (χ3v) is 8.90. The molecule has 0 fully saturated rings. The monoisotopic (exact) mass is 556 g/mol. The van der Waals surface area contributed by atoms with E-state index in [1.54, 1.807) is 11.3 Å². The van der Waals surface area contributed by atoms with E-state index in [2.05, 4.69) is 90.1 Å². The molecule has 0 N–H and O–H groups in total. The fourth-order valence-electron chi connectivity index (χ4n) is 5.36. The summed E-state index contributed by atoms with van der Waals surface area (Å²) in [6.07, 6.45) is 1.94. The third kappa shape index (κ3) is 4.45. The molecule has 0 spiro atoms. The Morgan fingerprint density at radius 3 is 2.27 bits per heavy atom. The van der Waals surface area contributed by atoms with Gasteiger partial charge in [-0.1, -0.05) is 84.0 Å². The van der Waals surface area contributed by atoms with E-state index in [0.29, 0.717) is 5.88 Å². The highest BCUT2D eigenvalue weighted by molar-refractivity contribution is 7.26. The van der Waals surface area contributed by atoms with Crippen molar-refractivity contribution in [3.8, 4) is 34.1 Å². The highest BCUT2D eigenvalue weighted by Gasteiger charge is 2.24. The van der Waals surface area contributed by atoms with Crippen LogP contribution in [0.15, 0.2) is 89.5 Å². The Hall–Kier alpha value is -4.22. The summed E-state index contributed by atoms with van der Waals surface area (Å²) in [4.78, 5) is 9.57. The third-order valence-electron chi connectivity index (χ3n) is 7.73. The molecule has 5 heteroatoms. The van der Waals surface area contributed by atoms with E-state index in [0.717, 1.165) is 54.9 Å². The summed E-state index contributed by atoms with van der Waals surface area (Å²) in [5, 5.41) is 2.27. The first-order chi connectivity index (χ1) is 19.6. The van der Waals surface area contributed by atoms with Crippen LogP contribution < -0.4 is 4.74 Å². The maximum absolute atomic E-state index is 6.62. The molecule has 7 rings (SSSR count). The van der Waals surface area contributed by atoms with Crippen LogP contribution in [0.5, 0.6) is 11.6 Å². The van der Waals surface area contributed by atoms with Crippen molar-refractivity contribution in [1.82, 2.24) is 9.97 Å². The van der Waals surface area contributed by atoms with Crippen molar-refractivity contribution in [3.05, 3.63) is 96.2 Å². The highest BCUT2D eigenvalue weighted by atomic mass is 32.1. The van der Waals surface area contributed by atoms with Gasteiger partial charge in [0.1, 0.15) is 16.9 Å². The predicted octanol–water partition coefficient (Wildman–Crippen LogP) is 10.7. The Morgan fingerprint density at radius 1 is 0.732 bits per heavy atom. The summed E-state index contributed by atoms with van der Waals surface area (Å²) in [7, 11) is 0. The Morgan fingerprint density at radius 2 is 1.51 bits per heavy atom. The molecule has 0 unspecified atom stereocenters. The van der Waals surface area contributed by atoms with E-state index < -0.39 is 0 Å². The minimum atomic E-state index is 0.0305. The van der Waals surface area contributed by atoms with Crippen molar-refractivity contribution < 1.29 is 9.15 Å². The molecule has 4 nitrogen and oxygen atoms in total. The standard InChI is InChI=1S/C36H32N2O2S/c1-35(2,3)22-11-7-10-21(18-22)24-19-28(34-32-31-27(40-33(24)32)13-9-14-29(31)41-34)39-30-15-8-12-26(38-30)25-17-16-23(20-37-25)36(4,5)6/h7-20H,1-6H3. The Kier molecular flexibility index (Phi) is 5.74. The fourth-order valence-corrected chi connectivity index (χ4v) is 6.53. The smallest absolute Gasteiger partial charge is 0.219 e. The molecule has 4 aromatic heterocycles. The van der Waals surface area contributed by atoms with E-state index in [4.69, 9.17) is 19.1 Å². The van der Waals surface area contributed by atoms with Crippen molar-refractivity contribution in [1.29, 1.82) is 0 Å². The maximum atomic E-state index is 6.62.